The van der Waals surface area contributed by atoms with E-state index in [1.54, 1.807) is 4.72 Å². The normalized spacial score (nSPS) is 20.6. The van der Waals surface area contributed by atoms with E-state index in [0.717, 1.165) is 25.1 Å². The summed E-state index contributed by atoms with van der Waals surface area (Å²) < 4.78 is 40.2. The van der Waals surface area contributed by atoms with E-state index in [0.29, 0.717) is 22.8 Å². The molecule has 0 saturated carbocycles. The first-order valence-corrected chi connectivity index (χ1v) is 8.94. The Morgan fingerprint density at radius 1 is 1.33 bits per heavy atom. The maximum atomic E-state index is 14.4. The van der Waals surface area contributed by atoms with E-state index in [1.807, 2.05) is 0 Å². The highest BCUT2D eigenvalue weighted by atomic mass is 32.2. The summed E-state index contributed by atoms with van der Waals surface area (Å²) in [5, 5.41) is 10.1. The number of carbonyl (C=O) groups excluding carboxylic acids is 1. The molecule has 0 aromatic heterocycles. The zero-order chi connectivity index (χ0) is 17.5. The Morgan fingerprint density at radius 2 is 2.08 bits per heavy atom. The van der Waals surface area contributed by atoms with Gasteiger partial charge in [0.1, 0.15) is 18.0 Å². The Bertz CT molecular complexity index is 786. The lowest BCUT2D eigenvalue weighted by atomic mass is 10.1. The number of phenolic OH excluding ortho intramolecular Hbond substituents is 1. The van der Waals surface area contributed by atoms with E-state index in [4.69, 9.17) is 0 Å². The van der Waals surface area contributed by atoms with Gasteiger partial charge in [-0.05, 0) is 30.5 Å². The lowest BCUT2D eigenvalue weighted by Gasteiger charge is -2.18. The summed E-state index contributed by atoms with van der Waals surface area (Å²) in [6, 6.07) is 2.53. The first-order chi connectivity index (χ1) is 11.3. The molecule has 2 fully saturated rings. The van der Waals surface area contributed by atoms with Crippen LogP contribution in [0.15, 0.2) is 24.3 Å². The number of likely N-dealkylation sites (tertiary alicyclic amines) is 1. The molecule has 0 aliphatic carbocycles. The molecule has 1 amide bonds. The Balaban J connectivity index is 1.79. The molecule has 0 radical (unpaired) electrons. The fourth-order valence-corrected chi connectivity index (χ4v) is 4.12. The third-order valence-corrected chi connectivity index (χ3v) is 5.50. The van der Waals surface area contributed by atoms with Crippen molar-refractivity contribution in [3.8, 4) is 5.75 Å². The van der Waals surface area contributed by atoms with Crippen LogP contribution in [0.1, 0.15) is 12.0 Å². The zero-order valence-corrected chi connectivity index (χ0v) is 13.8. The van der Waals surface area contributed by atoms with Crippen molar-refractivity contribution in [2.45, 2.75) is 12.8 Å². The van der Waals surface area contributed by atoms with E-state index >= 15 is 0 Å². The molecule has 9 heteroatoms. The van der Waals surface area contributed by atoms with E-state index < -0.39 is 39.9 Å². The number of benzene rings is 1. The molecule has 24 heavy (non-hydrogen) atoms. The molecule has 2 N–H and O–H groups in total. The number of halogens is 1. The van der Waals surface area contributed by atoms with Crippen molar-refractivity contribution in [3.05, 3.63) is 35.7 Å². The highest BCUT2D eigenvalue weighted by molar-refractivity contribution is 7.92. The van der Waals surface area contributed by atoms with Crippen LogP contribution in [0.5, 0.6) is 5.75 Å². The molecule has 7 nitrogen and oxygen atoms in total. The molecular weight excluding hydrogens is 337 g/mol. The van der Waals surface area contributed by atoms with Crippen LogP contribution >= 0.6 is 0 Å². The van der Waals surface area contributed by atoms with Gasteiger partial charge in [0.25, 0.3) is 5.91 Å². The van der Waals surface area contributed by atoms with Crippen molar-refractivity contribution in [1.29, 1.82) is 0 Å². The van der Waals surface area contributed by atoms with Gasteiger partial charge in [-0.15, -0.1) is 0 Å². The van der Waals surface area contributed by atoms with Gasteiger partial charge >= 0.3 is 10.2 Å². The van der Waals surface area contributed by atoms with Gasteiger partial charge in [-0.2, -0.15) is 8.42 Å². The summed E-state index contributed by atoms with van der Waals surface area (Å²) in [6.07, 6.45) is 1.47. The fraction of sp³-hybridized carbons (Fsp3) is 0.400. The SMILES string of the molecule is C=C1CCN(CCc2cc(O)c(N3CC(=O)NS3(=O)=O)c(F)c2)C1. The van der Waals surface area contributed by atoms with Crippen molar-refractivity contribution in [2.24, 2.45) is 0 Å². The number of nitrogens with one attached hydrogen (secondary N) is 1. The molecule has 2 aliphatic rings. The number of phenols is 1. The summed E-state index contributed by atoms with van der Waals surface area (Å²) in [5.41, 5.74) is 1.21. The van der Waals surface area contributed by atoms with Crippen LogP contribution in [0, 0.1) is 5.82 Å². The standard InChI is InChI=1S/C15H18FN3O4S/c1-10-2-4-18(8-10)5-3-11-6-12(16)15(13(20)7-11)19-9-14(21)17-24(19,22)23/h6-7,20H,1-5,8-9H2,(H,17,21). The van der Waals surface area contributed by atoms with Gasteiger partial charge in [0.2, 0.25) is 0 Å². The van der Waals surface area contributed by atoms with Gasteiger partial charge in [0.15, 0.2) is 5.82 Å². The van der Waals surface area contributed by atoms with E-state index in [-0.39, 0.29) is 0 Å². The third-order valence-electron chi connectivity index (χ3n) is 4.12. The highest BCUT2D eigenvalue weighted by Crippen LogP contribution is 2.34. The summed E-state index contributed by atoms with van der Waals surface area (Å²) in [5.74, 6) is -2.15. The molecule has 0 unspecified atom stereocenters. The number of nitrogens with zero attached hydrogens (tertiary/aromatic N) is 2. The van der Waals surface area contributed by atoms with Gasteiger partial charge in [0, 0.05) is 19.6 Å². The van der Waals surface area contributed by atoms with E-state index in [1.165, 1.54) is 12.1 Å². The Kier molecular flexibility index (Phi) is 4.22. The molecule has 3 rings (SSSR count). The number of amides is 1. The van der Waals surface area contributed by atoms with Gasteiger partial charge in [0.05, 0.1) is 0 Å². The second kappa shape index (κ2) is 6.06. The molecule has 130 valence electrons. The van der Waals surface area contributed by atoms with Crippen molar-refractivity contribution in [3.63, 3.8) is 0 Å². The second-order valence-corrected chi connectivity index (χ2v) is 7.60. The van der Waals surface area contributed by atoms with E-state index in [9.17, 15) is 22.7 Å². The van der Waals surface area contributed by atoms with Crippen molar-refractivity contribution in [1.82, 2.24) is 9.62 Å². The smallest absolute Gasteiger partial charge is 0.326 e. The average molecular weight is 355 g/mol. The minimum absolute atomic E-state index is 0.504. The van der Waals surface area contributed by atoms with E-state index in [2.05, 4.69) is 11.5 Å². The highest BCUT2D eigenvalue weighted by Gasteiger charge is 2.37. The molecular formula is C15H18FN3O4S. The van der Waals surface area contributed by atoms with Gasteiger partial charge in [-0.25, -0.2) is 13.4 Å². The van der Waals surface area contributed by atoms with Crippen molar-refractivity contribution < 1.29 is 22.7 Å². The van der Waals surface area contributed by atoms with Crippen molar-refractivity contribution >= 4 is 21.8 Å². The van der Waals surface area contributed by atoms with Crippen LogP contribution in [-0.4, -0.2) is 50.5 Å². The summed E-state index contributed by atoms with van der Waals surface area (Å²) in [6.45, 7) is 5.79. The largest absolute Gasteiger partial charge is 0.506 e. The summed E-state index contributed by atoms with van der Waals surface area (Å²) in [7, 11) is -4.16. The molecule has 2 saturated heterocycles. The predicted molar refractivity (Wildman–Crippen MR) is 86.4 cm³/mol. The minimum atomic E-state index is -4.16. The van der Waals surface area contributed by atoms with Gasteiger partial charge in [-0.3, -0.25) is 9.69 Å². The molecule has 1 aromatic rings. The Morgan fingerprint density at radius 3 is 2.62 bits per heavy atom. The molecule has 2 heterocycles. The van der Waals surface area contributed by atoms with Crippen LogP contribution in [0.4, 0.5) is 10.1 Å². The van der Waals surface area contributed by atoms with Crippen LogP contribution in [0.25, 0.3) is 0 Å². The Labute approximate surface area is 139 Å². The molecule has 0 atom stereocenters. The lowest BCUT2D eigenvalue weighted by molar-refractivity contribution is -0.117. The summed E-state index contributed by atoms with van der Waals surface area (Å²) in [4.78, 5) is 13.4. The third kappa shape index (κ3) is 3.22. The van der Waals surface area contributed by atoms with Gasteiger partial charge < -0.3 is 5.11 Å². The van der Waals surface area contributed by atoms with Crippen LogP contribution < -0.4 is 9.03 Å². The molecule has 0 bridgehead atoms. The van der Waals surface area contributed by atoms with Crippen molar-refractivity contribution in [2.75, 3.05) is 30.5 Å². The first-order valence-electron chi connectivity index (χ1n) is 7.50. The average Bonchev–Trinajstić information content (AvgIpc) is 2.99. The van der Waals surface area contributed by atoms with Crippen LogP contribution in [0.2, 0.25) is 0 Å². The predicted octanol–water partition coefficient (Wildman–Crippen LogP) is 0.517. The topological polar surface area (TPSA) is 89.9 Å². The number of hydrogen-bond donors (Lipinski definition) is 2. The Hall–Kier alpha value is -2.13. The fourth-order valence-electron chi connectivity index (χ4n) is 2.94. The number of hydrogen-bond acceptors (Lipinski definition) is 5. The zero-order valence-electron chi connectivity index (χ0n) is 13.0. The minimum Gasteiger partial charge on any atom is -0.506 e. The number of rotatable bonds is 4. The first kappa shape index (κ1) is 16.7. The molecule has 2 aliphatic heterocycles. The van der Waals surface area contributed by atoms with Gasteiger partial charge in [-0.1, -0.05) is 12.2 Å². The second-order valence-electron chi connectivity index (χ2n) is 6.01. The monoisotopic (exact) mass is 355 g/mol. The number of carbonyl (C=O) groups is 1. The maximum Gasteiger partial charge on any atom is 0.326 e. The lowest BCUT2D eigenvalue weighted by Crippen LogP contribution is -2.30. The van der Waals surface area contributed by atoms with Crippen LogP contribution in [0.3, 0.4) is 0 Å². The molecule has 0 spiro atoms. The van der Waals surface area contributed by atoms with Crippen LogP contribution in [-0.2, 0) is 21.4 Å². The maximum absolute atomic E-state index is 14.4. The summed E-state index contributed by atoms with van der Waals surface area (Å²) >= 11 is 0. The quantitative estimate of drug-likeness (QED) is 0.769. The molecule has 1 aromatic carbocycles. The number of aromatic hydroxyl groups is 1. The number of anilines is 1.